The number of nitrogens with zero attached hydrogens (tertiary/aromatic N) is 4. The number of rotatable bonds is 3. The number of benzene rings is 1. The molecule has 3 heterocycles. The maximum absolute atomic E-state index is 12.2. The van der Waals surface area contributed by atoms with Gasteiger partial charge in [-0.15, -0.1) is 10.2 Å². The summed E-state index contributed by atoms with van der Waals surface area (Å²) in [6.07, 6.45) is 1.64. The molecule has 0 fully saturated rings. The van der Waals surface area contributed by atoms with E-state index in [4.69, 9.17) is 4.42 Å². The number of amides is 1. The Morgan fingerprint density at radius 2 is 1.83 bits per heavy atom. The Balaban J connectivity index is 1.56. The summed E-state index contributed by atoms with van der Waals surface area (Å²) in [7, 11) is 0. The summed E-state index contributed by atoms with van der Waals surface area (Å²) < 4.78 is 5.41. The highest BCUT2D eigenvalue weighted by Crippen LogP contribution is 2.18. The van der Waals surface area contributed by atoms with Gasteiger partial charge in [0.2, 0.25) is 5.89 Å². The summed E-state index contributed by atoms with van der Waals surface area (Å²) in [6.45, 7) is 0. The summed E-state index contributed by atoms with van der Waals surface area (Å²) in [5.41, 5.74) is 1.29. The van der Waals surface area contributed by atoms with Gasteiger partial charge >= 0.3 is 11.8 Å². The second-order valence-corrected chi connectivity index (χ2v) is 4.98. The second-order valence-electron chi connectivity index (χ2n) is 4.98. The van der Waals surface area contributed by atoms with Crippen molar-refractivity contribution < 1.29 is 9.21 Å². The number of fused-ring (bicyclic) bond motifs is 1. The van der Waals surface area contributed by atoms with Crippen LogP contribution in [0, 0.1) is 0 Å². The van der Waals surface area contributed by atoms with Crippen LogP contribution in [0.2, 0.25) is 0 Å². The molecule has 1 amide bonds. The van der Waals surface area contributed by atoms with Crippen molar-refractivity contribution in [1.82, 2.24) is 20.2 Å². The topological polar surface area (TPSA) is 93.8 Å². The summed E-state index contributed by atoms with van der Waals surface area (Å²) in [6, 6.07) is 16.5. The van der Waals surface area contributed by atoms with Gasteiger partial charge in [-0.2, -0.15) is 0 Å². The molecule has 7 heteroatoms. The molecule has 0 unspecified atom stereocenters. The van der Waals surface area contributed by atoms with Gasteiger partial charge in [0.05, 0.1) is 0 Å². The lowest BCUT2D eigenvalue weighted by Gasteiger charge is -2.02. The zero-order chi connectivity index (χ0) is 16.4. The summed E-state index contributed by atoms with van der Waals surface area (Å²) in [5, 5.41) is 11.2. The Bertz CT molecular complexity index is 1010. The molecule has 3 aromatic heterocycles. The fraction of sp³-hybridized carbons (Fsp3) is 0. The molecule has 116 valence electrons. The van der Waals surface area contributed by atoms with Crippen LogP contribution in [-0.4, -0.2) is 26.1 Å². The first-order valence-electron chi connectivity index (χ1n) is 7.22. The lowest BCUT2D eigenvalue weighted by Crippen LogP contribution is -2.13. The quantitative estimate of drug-likeness (QED) is 0.624. The minimum absolute atomic E-state index is 0.128. The van der Waals surface area contributed by atoms with E-state index in [1.165, 1.54) is 0 Å². The van der Waals surface area contributed by atoms with E-state index in [1.807, 2.05) is 48.5 Å². The van der Waals surface area contributed by atoms with Crippen LogP contribution in [-0.2, 0) is 0 Å². The average molecular weight is 317 g/mol. The molecule has 0 radical (unpaired) electrons. The zero-order valence-electron chi connectivity index (χ0n) is 12.4. The van der Waals surface area contributed by atoms with Gasteiger partial charge in [-0.05, 0) is 36.4 Å². The summed E-state index contributed by atoms with van der Waals surface area (Å²) >= 11 is 0. The molecule has 7 nitrogen and oxygen atoms in total. The Morgan fingerprint density at radius 1 is 0.958 bits per heavy atom. The van der Waals surface area contributed by atoms with Gasteiger partial charge in [-0.25, -0.2) is 9.97 Å². The van der Waals surface area contributed by atoms with Gasteiger partial charge in [0.15, 0.2) is 5.65 Å². The number of aromatic nitrogens is 4. The third-order valence-corrected chi connectivity index (χ3v) is 3.35. The predicted octanol–water partition coefficient (Wildman–Crippen LogP) is 2.93. The first-order chi connectivity index (χ1) is 11.8. The third kappa shape index (κ3) is 2.70. The van der Waals surface area contributed by atoms with Crippen molar-refractivity contribution in [3.05, 3.63) is 66.7 Å². The standard InChI is InChI=1S/C17H11N5O2/c23-15(17-22-21-16(24-17)12-5-2-1-3-6-12)20-13-9-8-11-7-4-10-18-14(11)19-13/h1-10H,(H,18,19,20,23). The molecule has 0 aliphatic rings. The normalized spacial score (nSPS) is 10.7. The van der Waals surface area contributed by atoms with Gasteiger partial charge in [0.25, 0.3) is 0 Å². The fourth-order valence-corrected chi connectivity index (χ4v) is 2.20. The molecular formula is C17H11N5O2. The minimum atomic E-state index is -0.521. The summed E-state index contributed by atoms with van der Waals surface area (Å²) in [5.74, 6) is 0.00350. The van der Waals surface area contributed by atoms with Crippen LogP contribution < -0.4 is 5.32 Å². The molecule has 0 spiro atoms. The molecule has 24 heavy (non-hydrogen) atoms. The van der Waals surface area contributed by atoms with E-state index >= 15 is 0 Å². The largest absolute Gasteiger partial charge is 0.412 e. The highest BCUT2D eigenvalue weighted by Gasteiger charge is 2.16. The number of hydrogen-bond acceptors (Lipinski definition) is 6. The van der Waals surface area contributed by atoms with Crippen molar-refractivity contribution in [2.75, 3.05) is 5.32 Å². The van der Waals surface area contributed by atoms with Crippen LogP contribution in [0.3, 0.4) is 0 Å². The van der Waals surface area contributed by atoms with Gasteiger partial charge in [-0.3, -0.25) is 4.79 Å². The second kappa shape index (κ2) is 5.88. The van der Waals surface area contributed by atoms with Crippen LogP contribution in [0.4, 0.5) is 5.82 Å². The molecule has 0 bridgehead atoms. The van der Waals surface area contributed by atoms with Gasteiger partial charge in [-0.1, -0.05) is 18.2 Å². The summed E-state index contributed by atoms with van der Waals surface area (Å²) in [4.78, 5) is 20.7. The van der Waals surface area contributed by atoms with Crippen molar-refractivity contribution in [1.29, 1.82) is 0 Å². The van der Waals surface area contributed by atoms with E-state index in [1.54, 1.807) is 12.3 Å². The van der Waals surface area contributed by atoms with Crippen LogP contribution >= 0.6 is 0 Å². The molecular weight excluding hydrogens is 306 g/mol. The molecule has 1 aromatic carbocycles. The van der Waals surface area contributed by atoms with Crippen molar-refractivity contribution in [3.8, 4) is 11.5 Å². The highest BCUT2D eigenvalue weighted by atomic mass is 16.4. The molecule has 0 saturated carbocycles. The van der Waals surface area contributed by atoms with E-state index in [0.717, 1.165) is 10.9 Å². The van der Waals surface area contributed by atoms with E-state index in [2.05, 4.69) is 25.5 Å². The number of pyridine rings is 2. The zero-order valence-corrected chi connectivity index (χ0v) is 12.4. The van der Waals surface area contributed by atoms with Gasteiger partial charge in [0, 0.05) is 17.1 Å². The van der Waals surface area contributed by atoms with Crippen molar-refractivity contribution in [3.63, 3.8) is 0 Å². The number of carbonyl (C=O) groups excluding carboxylic acids is 1. The monoisotopic (exact) mass is 317 g/mol. The molecule has 4 aromatic rings. The minimum Gasteiger partial charge on any atom is -0.412 e. The van der Waals surface area contributed by atoms with Crippen LogP contribution in [0.1, 0.15) is 10.7 Å². The Labute approximate surface area is 136 Å². The first-order valence-corrected chi connectivity index (χ1v) is 7.22. The average Bonchev–Trinajstić information content (AvgIpc) is 3.13. The Kier molecular flexibility index (Phi) is 3.43. The number of anilines is 1. The smallest absolute Gasteiger partial charge is 0.314 e. The Morgan fingerprint density at radius 3 is 2.71 bits per heavy atom. The molecule has 0 aliphatic heterocycles. The fourth-order valence-electron chi connectivity index (χ4n) is 2.20. The Hall–Kier alpha value is -3.61. The number of carbonyl (C=O) groups is 1. The van der Waals surface area contributed by atoms with E-state index < -0.39 is 5.91 Å². The SMILES string of the molecule is O=C(Nc1ccc2cccnc2n1)c1nnc(-c2ccccc2)o1. The van der Waals surface area contributed by atoms with Crippen LogP contribution in [0.5, 0.6) is 0 Å². The maximum Gasteiger partial charge on any atom is 0.314 e. The molecule has 0 atom stereocenters. The van der Waals surface area contributed by atoms with Crippen molar-refractivity contribution in [2.24, 2.45) is 0 Å². The van der Waals surface area contributed by atoms with Crippen LogP contribution in [0.25, 0.3) is 22.5 Å². The predicted molar refractivity (Wildman–Crippen MR) is 87.2 cm³/mol. The van der Waals surface area contributed by atoms with E-state index in [-0.39, 0.29) is 11.8 Å². The van der Waals surface area contributed by atoms with E-state index in [0.29, 0.717) is 11.5 Å². The number of nitrogens with one attached hydrogen (secondary N) is 1. The number of hydrogen-bond donors (Lipinski definition) is 1. The van der Waals surface area contributed by atoms with Crippen LogP contribution in [0.15, 0.2) is 65.2 Å². The maximum atomic E-state index is 12.2. The first kappa shape index (κ1) is 14.0. The van der Waals surface area contributed by atoms with Crippen molar-refractivity contribution in [2.45, 2.75) is 0 Å². The highest BCUT2D eigenvalue weighted by molar-refractivity contribution is 6.00. The van der Waals surface area contributed by atoms with Gasteiger partial charge in [0.1, 0.15) is 5.82 Å². The molecule has 0 saturated heterocycles. The molecule has 1 N–H and O–H groups in total. The lowest BCUT2D eigenvalue weighted by atomic mass is 10.2. The lowest BCUT2D eigenvalue weighted by molar-refractivity contribution is 0.0990. The van der Waals surface area contributed by atoms with Gasteiger partial charge < -0.3 is 9.73 Å². The van der Waals surface area contributed by atoms with Crippen molar-refractivity contribution >= 4 is 22.8 Å². The van der Waals surface area contributed by atoms with E-state index in [9.17, 15) is 4.79 Å². The molecule has 4 rings (SSSR count). The third-order valence-electron chi connectivity index (χ3n) is 3.35. The molecule has 0 aliphatic carbocycles.